The molecule has 2 saturated carbocycles. The zero-order valence-electron chi connectivity index (χ0n) is 8.09. The van der Waals surface area contributed by atoms with E-state index in [0.717, 1.165) is 18.1 Å². The van der Waals surface area contributed by atoms with Crippen molar-refractivity contribution in [2.45, 2.75) is 40.0 Å². The molecule has 2 bridgehead atoms. The average Bonchev–Trinajstić information content (AvgIpc) is 2.34. The summed E-state index contributed by atoms with van der Waals surface area (Å²) in [5.41, 5.74) is 1.71. The molecule has 2 aliphatic rings. The van der Waals surface area contributed by atoms with Crippen LogP contribution >= 0.6 is 0 Å². The third-order valence-electron chi connectivity index (χ3n) is 3.91. The van der Waals surface area contributed by atoms with Crippen LogP contribution in [0.1, 0.15) is 40.0 Å². The van der Waals surface area contributed by atoms with E-state index in [9.17, 15) is 0 Å². The van der Waals surface area contributed by atoms with E-state index >= 15 is 0 Å². The summed E-state index contributed by atoms with van der Waals surface area (Å²) in [4.78, 5) is 0. The van der Waals surface area contributed by atoms with Gasteiger partial charge in [0.15, 0.2) is 0 Å². The summed E-state index contributed by atoms with van der Waals surface area (Å²) in [6, 6.07) is 0. The largest absolute Gasteiger partial charge is 0.411 e. The second kappa shape index (κ2) is 2.04. The molecule has 2 unspecified atom stereocenters. The molecule has 68 valence electrons. The molecule has 0 aromatic carbocycles. The third-order valence-corrected chi connectivity index (χ3v) is 3.91. The molecule has 0 aromatic heterocycles. The Morgan fingerprint density at radius 1 is 1.42 bits per heavy atom. The van der Waals surface area contributed by atoms with Gasteiger partial charge in [-0.15, -0.1) is 0 Å². The summed E-state index contributed by atoms with van der Waals surface area (Å²) in [7, 11) is 0. The maximum atomic E-state index is 8.81. The molecule has 12 heavy (non-hydrogen) atoms. The molecule has 2 aliphatic carbocycles. The Balaban J connectivity index is 2.33. The lowest BCUT2D eigenvalue weighted by Gasteiger charge is -2.33. The second-order valence-electron chi connectivity index (χ2n) is 5.38. The number of oxime groups is 1. The van der Waals surface area contributed by atoms with Crippen LogP contribution in [0.2, 0.25) is 0 Å². The van der Waals surface area contributed by atoms with E-state index in [1.54, 1.807) is 0 Å². The molecule has 2 rings (SSSR count). The molecule has 0 aromatic rings. The maximum absolute atomic E-state index is 8.81. The highest BCUT2D eigenvalue weighted by atomic mass is 16.4. The van der Waals surface area contributed by atoms with Crippen molar-refractivity contribution < 1.29 is 5.21 Å². The lowest BCUT2D eigenvalue weighted by atomic mass is 9.72. The van der Waals surface area contributed by atoms with Crippen molar-refractivity contribution in [3.8, 4) is 0 Å². The van der Waals surface area contributed by atoms with Gasteiger partial charge in [0.25, 0.3) is 0 Å². The standard InChI is InChI=1S/C10H17NO/c1-9(2)6-10(3)5-7(9)4-8(10)11-12/h7,12H,4-6H2,1-3H3/b11-8+. The monoisotopic (exact) mass is 167 g/mol. The SMILES string of the molecule is CC12CC(C/C1=N\O)C(C)(C)C2. The molecule has 2 atom stereocenters. The second-order valence-corrected chi connectivity index (χ2v) is 5.38. The fourth-order valence-corrected chi connectivity index (χ4v) is 3.25. The summed E-state index contributed by atoms with van der Waals surface area (Å²) in [5.74, 6) is 0.744. The minimum absolute atomic E-state index is 0.211. The molecule has 0 aliphatic heterocycles. The van der Waals surface area contributed by atoms with Crippen molar-refractivity contribution in [3.05, 3.63) is 0 Å². The molecule has 1 N–H and O–H groups in total. The van der Waals surface area contributed by atoms with E-state index in [2.05, 4.69) is 25.9 Å². The normalized spacial score (nSPS) is 47.2. The Morgan fingerprint density at radius 3 is 2.42 bits per heavy atom. The first kappa shape index (κ1) is 8.09. The molecule has 0 heterocycles. The van der Waals surface area contributed by atoms with Crippen LogP contribution < -0.4 is 0 Å². The zero-order valence-corrected chi connectivity index (χ0v) is 8.09. The molecule has 0 spiro atoms. The van der Waals surface area contributed by atoms with Crippen LogP contribution in [0.4, 0.5) is 0 Å². The van der Waals surface area contributed by atoms with E-state index in [-0.39, 0.29) is 5.41 Å². The summed E-state index contributed by atoms with van der Waals surface area (Å²) >= 11 is 0. The van der Waals surface area contributed by atoms with Crippen molar-refractivity contribution in [3.63, 3.8) is 0 Å². The molecule has 2 fully saturated rings. The van der Waals surface area contributed by atoms with E-state index in [1.165, 1.54) is 12.8 Å². The molecular formula is C10H17NO. The summed E-state index contributed by atoms with van der Waals surface area (Å²) < 4.78 is 0. The lowest BCUT2D eigenvalue weighted by molar-refractivity contribution is 0.237. The van der Waals surface area contributed by atoms with Crippen molar-refractivity contribution >= 4 is 5.71 Å². The third kappa shape index (κ3) is 0.838. The zero-order chi connectivity index (χ0) is 8.98. The van der Waals surface area contributed by atoms with Crippen LogP contribution in [0, 0.1) is 16.7 Å². The maximum Gasteiger partial charge on any atom is 0.0632 e. The van der Waals surface area contributed by atoms with Crippen molar-refractivity contribution in [1.29, 1.82) is 0 Å². The first-order chi connectivity index (χ1) is 5.48. The van der Waals surface area contributed by atoms with Crippen LogP contribution in [-0.4, -0.2) is 10.9 Å². The lowest BCUT2D eigenvalue weighted by Crippen LogP contribution is -2.30. The van der Waals surface area contributed by atoms with Gasteiger partial charge in [-0.1, -0.05) is 25.9 Å². The number of fused-ring (bicyclic) bond motifs is 2. The highest BCUT2D eigenvalue weighted by Gasteiger charge is 2.55. The average molecular weight is 167 g/mol. The molecule has 0 amide bonds. The fourth-order valence-electron chi connectivity index (χ4n) is 3.25. The first-order valence-electron chi connectivity index (χ1n) is 4.69. The van der Waals surface area contributed by atoms with Gasteiger partial charge < -0.3 is 5.21 Å². The number of hydrogen-bond acceptors (Lipinski definition) is 2. The number of nitrogens with zero attached hydrogens (tertiary/aromatic N) is 1. The van der Waals surface area contributed by atoms with Gasteiger partial charge in [-0.25, -0.2) is 0 Å². The number of rotatable bonds is 0. The van der Waals surface area contributed by atoms with E-state index in [1.807, 2.05) is 0 Å². The predicted molar refractivity (Wildman–Crippen MR) is 48.5 cm³/mol. The van der Waals surface area contributed by atoms with Crippen molar-refractivity contribution in [1.82, 2.24) is 0 Å². The highest BCUT2D eigenvalue weighted by Crippen LogP contribution is 2.60. The topological polar surface area (TPSA) is 32.6 Å². The molecule has 2 nitrogen and oxygen atoms in total. The van der Waals surface area contributed by atoms with Gasteiger partial charge in [0.1, 0.15) is 0 Å². The number of hydrogen-bond donors (Lipinski definition) is 1. The van der Waals surface area contributed by atoms with E-state index < -0.39 is 0 Å². The van der Waals surface area contributed by atoms with E-state index in [4.69, 9.17) is 5.21 Å². The quantitative estimate of drug-likeness (QED) is 0.436. The summed E-state index contributed by atoms with van der Waals surface area (Å²) in [6.07, 6.45) is 3.42. The van der Waals surface area contributed by atoms with Crippen LogP contribution in [0.25, 0.3) is 0 Å². The minimum Gasteiger partial charge on any atom is -0.411 e. The predicted octanol–water partition coefficient (Wildman–Crippen LogP) is 2.66. The Bertz CT molecular complexity index is 244. The Kier molecular flexibility index (Phi) is 1.37. The van der Waals surface area contributed by atoms with Crippen LogP contribution in [0.5, 0.6) is 0 Å². The van der Waals surface area contributed by atoms with E-state index in [0.29, 0.717) is 5.41 Å². The van der Waals surface area contributed by atoms with Gasteiger partial charge in [0.2, 0.25) is 0 Å². The summed E-state index contributed by atoms with van der Waals surface area (Å²) in [5, 5.41) is 12.2. The fraction of sp³-hybridized carbons (Fsp3) is 0.900. The molecule has 0 saturated heterocycles. The van der Waals surface area contributed by atoms with Gasteiger partial charge in [-0.05, 0) is 30.6 Å². The van der Waals surface area contributed by atoms with Crippen LogP contribution in [0.15, 0.2) is 5.16 Å². The first-order valence-corrected chi connectivity index (χ1v) is 4.69. The Morgan fingerprint density at radius 2 is 2.08 bits per heavy atom. The van der Waals surface area contributed by atoms with Crippen molar-refractivity contribution in [2.75, 3.05) is 0 Å². The summed E-state index contributed by atoms with van der Waals surface area (Å²) in [6.45, 7) is 6.89. The van der Waals surface area contributed by atoms with Gasteiger partial charge in [-0.3, -0.25) is 0 Å². The Hall–Kier alpha value is -0.530. The molecular weight excluding hydrogens is 150 g/mol. The molecule has 2 heteroatoms. The van der Waals surface area contributed by atoms with Gasteiger partial charge in [0.05, 0.1) is 5.71 Å². The smallest absolute Gasteiger partial charge is 0.0632 e. The van der Waals surface area contributed by atoms with Gasteiger partial charge in [0, 0.05) is 5.41 Å². The van der Waals surface area contributed by atoms with Gasteiger partial charge >= 0.3 is 0 Å². The van der Waals surface area contributed by atoms with Crippen LogP contribution in [0.3, 0.4) is 0 Å². The minimum atomic E-state index is 0.211. The van der Waals surface area contributed by atoms with Gasteiger partial charge in [-0.2, -0.15) is 0 Å². The Labute approximate surface area is 73.7 Å². The molecule has 0 radical (unpaired) electrons. The van der Waals surface area contributed by atoms with Crippen molar-refractivity contribution in [2.24, 2.45) is 21.9 Å². The highest BCUT2D eigenvalue weighted by molar-refractivity contribution is 5.92. The van der Waals surface area contributed by atoms with Crippen LogP contribution in [-0.2, 0) is 0 Å².